The SMILES string of the molecule is NC1C2CCOC2C1Nc1nc2ccc(F)cc2[nH]1. The first-order chi connectivity index (χ1) is 9.22. The molecule has 4 N–H and O–H groups in total. The smallest absolute Gasteiger partial charge is 0.201 e. The highest BCUT2D eigenvalue weighted by Gasteiger charge is 2.52. The van der Waals surface area contributed by atoms with Gasteiger partial charge in [-0.25, -0.2) is 9.37 Å². The zero-order chi connectivity index (χ0) is 13.0. The molecule has 0 bridgehead atoms. The summed E-state index contributed by atoms with van der Waals surface area (Å²) in [5.74, 6) is 0.802. The van der Waals surface area contributed by atoms with Gasteiger partial charge in [-0.2, -0.15) is 0 Å². The van der Waals surface area contributed by atoms with E-state index in [2.05, 4.69) is 15.3 Å². The third-order valence-electron chi connectivity index (χ3n) is 4.19. The molecule has 100 valence electrons. The van der Waals surface area contributed by atoms with E-state index in [9.17, 15) is 4.39 Å². The average Bonchev–Trinajstić information content (AvgIpc) is 2.98. The molecule has 2 fully saturated rings. The van der Waals surface area contributed by atoms with Crippen molar-refractivity contribution in [2.24, 2.45) is 11.7 Å². The van der Waals surface area contributed by atoms with Crippen LogP contribution in [0.4, 0.5) is 10.3 Å². The maximum Gasteiger partial charge on any atom is 0.201 e. The van der Waals surface area contributed by atoms with Gasteiger partial charge in [0.1, 0.15) is 5.82 Å². The van der Waals surface area contributed by atoms with E-state index in [0.29, 0.717) is 17.4 Å². The molecule has 1 aliphatic carbocycles. The van der Waals surface area contributed by atoms with Crippen LogP contribution in [0.5, 0.6) is 0 Å². The third-order valence-corrected chi connectivity index (χ3v) is 4.19. The van der Waals surface area contributed by atoms with E-state index in [1.807, 2.05) is 0 Å². The van der Waals surface area contributed by atoms with Crippen LogP contribution in [0.1, 0.15) is 6.42 Å². The Labute approximate surface area is 109 Å². The van der Waals surface area contributed by atoms with Gasteiger partial charge < -0.3 is 20.8 Å². The van der Waals surface area contributed by atoms with Gasteiger partial charge in [0.15, 0.2) is 0 Å². The number of rotatable bonds is 2. The Bertz CT molecular complexity index is 628. The Morgan fingerprint density at radius 3 is 3.26 bits per heavy atom. The molecular weight excluding hydrogens is 247 g/mol. The summed E-state index contributed by atoms with van der Waals surface area (Å²) >= 11 is 0. The molecule has 4 rings (SSSR count). The molecular formula is C13H15FN4O. The van der Waals surface area contributed by atoms with E-state index in [1.54, 1.807) is 6.07 Å². The van der Waals surface area contributed by atoms with Crippen LogP contribution in [0.3, 0.4) is 0 Å². The van der Waals surface area contributed by atoms with Crippen molar-refractivity contribution in [1.82, 2.24) is 9.97 Å². The number of H-pyrrole nitrogens is 1. The fourth-order valence-electron chi connectivity index (χ4n) is 3.14. The molecule has 0 spiro atoms. The van der Waals surface area contributed by atoms with Crippen molar-refractivity contribution >= 4 is 17.0 Å². The Kier molecular flexibility index (Phi) is 2.31. The van der Waals surface area contributed by atoms with E-state index in [0.717, 1.165) is 18.5 Å². The number of anilines is 1. The highest BCUT2D eigenvalue weighted by atomic mass is 19.1. The van der Waals surface area contributed by atoms with Gasteiger partial charge in [0, 0.05) is 18.6 Å². The Morgan fingerprint density at radius 2 is 2.37 bits per heavy atom. The van der Waals surface area contributed by atoms with Crippen LogP contribution in [0.2, 0.25) is 0 Å². The molecule has 1 aromatic heterocycles. The molecule has 5 nitrogen and oxygen atoms in total. The van der Waals surface area contributed by atoms with Gasteiger partial charge in [0.05, 0.1) is 23.2 Å². The molecule has 0 amide bonds. The minimum Gasteiger partial charge on any atom is -0.376 e. The van der Waals surface area contributed by atoms with Crippen molar-refractivity contribution in [2.45, 2.75) is 24.6 Å². The summed E-state index contributed by atoms with van der Waals surface area (Å²) in [6.07, 6.45) is 1.22. The quantitative estimate of drug-likeness (QED) is 0.761. The second-order valence-corrected chi connectivity index (χ2v) is 5.28. The lowest BCUT2D eigenvalue weighted by Gasteiger charge is -2.45. The highest BCUT2D eigenvalue weighted by molar-refractivity contribution is 5.77. The number of halogens is 1. The van der Waals surface area contributed by atoms with Crippen LogP contribution in [0, 0.1) is 11.7 Å². The van der Waals surface area contributed by atoms with Gasteiger partial charge >= 0.3 is 0 Å². The van der Waals surface area contributed by atoms with Crippen molar-refractivity contribution in [3.8, 4) is 0 Å². The number of hydrogen-bond donors (Lipinski definition) is 3. The number of nitrogens with one attached hydrogen (secondary N) is 2. The second kappa shape index (κ2) is 3.91. The zero-order valence-electron chi connectivity index (χ0n) is 10.3. The molecule has 4 atom stereocenters. The number of aromatic amines is 1. The highest BCUT2D eigenvalue weighted by Crippen LogP contribution is 2.39. The number of nitrogens with zero attached hydrogens (tertiary/aromatic N) is 1. The largest absolute Gasteiger partial charge is 0.376 e. The van der Waals surface area contributed by atoms with Gasteiger partial charge in [0.25, 0.3) is 0 Å². The lowest BCUT2D eigenvalue weighted by atomic mass is 9.72. The van der Waals surface area contributed by atoms with Crippen LogP contribution in [-0.2, 0) is 4.74 Å². The summed E-state index contributed by atoms with van der Waals surface area (Å²) in [6.45, 7) is 0.784. The van der Waals surface area contributed by atoms with E-state index < -0.39 is 0 Å². The summed E-state index contributed by atoms with van der Waals surface area (Å²) in [6, 6.07) is 4.67. The van der Waals surface area contributed by atoms with Crippen LogP contribution >= 0.6 is 0 Å². The van der Waals surface area contributed by atoms with Crippen molar-refractivity contribution in [1.29, 1.82) is 0 Å². The monoisotopic (exact) mass is 262 g/mol. The second-order valence-electron chi connectivity index (χ2n) is 5.28. The first-order valence-corrected chi connectivity index (χ1v) is 6.51. The topological polar surface area (TPSA) is 76.0 Å². The summed E-state index contributed by atoms with van der Waals surface area (Å²) in [4.78, 5) is 7.44. The van der Waals surface area contributed by atoms with Gasteiger partial charge in [-0.3, -0.25) is 0 Å². The molecule has 4 unspecified atom stereocenters. The van der Waals surface area contributed by atoms with Gasteiger partial charge in [0.2, 0.25) is 5.95 Å². The zero-order valence-corrected chi connectivity index (χ0v) is 10.3. The molecule has 1 aliphatic heterocycles. The molecule has 1 saturated heterocycles. The average molecular weight is 262 g/mol. The number of imidazole rings is 1. The molecule has 19 heavy (non-hydrogen) atoms. The number of hydrogen-bond acceptors (Lipinski definition) is 4. The molecule has 1 aromatic carbocycles. The number of ether oxygens (including phenoxy) is 1. The predicted octanol–water partition coefficient (Wildman–Crippen LogP) is 1.23. The van der Waals surface area contributed by atoms with E-state index in [-0.39, 0.29) is 24.0 Å². The van der Waals surface area contributed by atoms with Crippen LogP contribution in [-0.4, -0.2) is 34.8 Å². The molecule has 0 radical (unpaired) electrons. The number of fused-ring (bicyclic) bond motifs is 2. The van der Waals surface area contributed by atoms with Gasteiger partial charge in [-0.05, 0) is 24.6 Å². The van der Waals surface area contributed by atoms with Crippen molar-refractivity contribution in [2.75, 3.05) is 11.9 Å². The predicted molar refractivity (Wildman–Crippen MR) is 69.3 cm³/mol. The minimum atomic E-state index is -0.276. The number of benzene rings is 1. The molecule has 2 aliphatic rings. The summed E-state index contributed by atoms with van der Waals surface area (Å²) in [7, 11) is 0. The lowest BCUT2D eigenvalue weighted by molar-refractivity contribution is 0.00512. The van der Waals surface area contributed by atoms with Gasteiger partial charge in [-0.15, -0.1) is 0 Å². The van der Waals surface area contributed by atoms with Crippen LogP contribution < -0.4 is 11.1 Å². The summed E-state index contributed by atoms with van der Waals surface area (Å²) in [5, 5.41) is 3.27. The lowest BCUT2D eigenvalue weighted by Crippen LogP contribution is -2.65. The van der Waals surface area contributed by atoms with E-state index >= 15 is 0 Å². The Morgan fingerprint density at radius 1 is 1.47 bits per heavy atom. The molecule has 2 heterocycles. The molecule has 1 saturated carbocycles. The van der Waals surface area contributed by atoms with Gasteiger partial charge in [-0.1, -0.05) is 0 Å². The van der Waals surface area contributed by atoms with Crippen molar-refractivity contribution in [3.63, 3.8) is 0 Å². The number of aromatic nitrogens is 2. The fourth-order valence-corrected chi connectivity index (χ4v) is 3.14. The minimum absolute atomic E-state index is 0.0814. The Hall–Kier alpha value is -1.66. The maximum atomic E-state index is 13.1. The summed E-state index contributed by atoms with van der Waals surface area (Å²) in [5.41, 5.74) is 7.55. The first-order valence-electron chi connectivity index (χ1n) is 6.51. The van der Waals surface area contributed by atoms with Crippen LogP contribution in [0.25, 0.3) is 11.0 Å². The first kappa shape index (κ1) is 11.2. The molecule has 2 aromatic rings. The van der Waals surface area contributed by atoms with Crippen LogP contribution in [0.15, 0.2) is 18.2 Å². The fraction of sp³-hybridized carbons (Fsp3) is 0.462. The summed E-state index contributed by atoms with van der Waals surface area (Å²) < 4.78 is 18.8. The standard InChI is InChI=1S/C13H15FN4O/c14-6-1-2-8-9(5-6)17-13(16-8)18-11-10(15)7-3-4-19-12(7)11/h1-2,5,7,10-12H,3-4,15H2,(H2,16,17,18). The number of nitrogens with two attached hydrogens (primary N) is 1. The van der Waals surface area contributed by atoms with Crippen molar-refractivity contribution in [3.05, 3.63) is 24.0 Å². The van der Waals surface area contributed by atoms with E-state index in [4.69, 9.17) is 10.5 Å². The maximum absolute atomic E-state index is 13.1. The Balaban J connectivity index is 1.58. The van der Waals surface area contributed by atoms with Crippen molar-refractivity contribution < 1.29 is 9.13 Å². The normalized spacial score (nSPS) is 33.2. The molecule has 6 heteroatoms. The van der Waals surface area contributed by atoms with E-state index in [1.165, 1.54) is 12.1 Å². The third kappa shape index (κ3) is 1.63.